The van der Waals surface area contributed by atoms with E-state index in [4.69, 9.17) is 9.47 Å². The van der Waals surface area contributed by atoms with E-state index in [2.05, 4.69) is 5.32 Å². The van der Waals surface area contributed by atoms with Crippen LogP contribution in [-0.2, 0) is 9.59 Å². The molecule has 1 aromatic carbocycles. The van der Waals surface area contributed by atoms with Crippen molar-refractivity contribution < 1.29 is 23.9 Å². The van der Waals surface area contributed by atoms with Crippen LogP contribution in [0.3, 0.4) is 0 Å². The predicted octanol–water partition coefficient (Wildman–Crippen LogP) is 1.93. The number of urea groups is 1. The van der Waals surface area contributed by atoms with E-state index in [-0.39, 0.29) is 24.5 Å². The second kappa shape index (κ2) is 7.93. The number of rotatable bonds is 5. The number of carbonyl (C=O) groups is 3. The minimum absolute atomic E-state index is 0.246. The monoisotopic (exact) mass is 401 g/mol. The molecule has 0 bridgehead atoms. The zero-order valence-corrected chi connectivity index (χ0v) is 16.7. The van der Waals surface area contributed by atoms with E-state index in [1.54, 1.807) is 4.90 Å². The normalized spacial score (nSPS) is 22.5. The lowest BCUT2D eigenvalue weighted by Crippen LogP contribution is -2.50. The standard InChI is InChI=1S/C21H27N3O5/c1-2-23(12-15-14-28-16-8-4-5-9-17(16)29-15)18(25)13-24-19(26)21(22-20(24)27)10-6-3-7-11-21/h4-5,8-9,15H,2-3,6-7,10-14H2,1H3,(H,22,27)/t15-/m0/s1. The van der Waals surface area contributed by atoms with Crippen molar-refractivity contribution in [3.63, 3.8) is 0 Å². The van der Waals surface area contributed by atoms with Gasteiger partial charge in [0.15, 0.2) is 17.6 Å². The number of nitrogens with zero attached hydrogens (tertiary/aromatic N) is 2. The molecule has 1 N–H and O–H groups in total. The average molecular weight is 401 g/mol. The minimum atomic E-state index is -0.809. The Balaban J connectivity index is 1.38. The molecule has 8 heteroatoms. The number of hydrogen-bond donors (Lipinski definition) is 1. The third-order valence-electron chi connectivity index (χ3n) is 5.97. The Hall–Kier alpha value is -2.77. The van der Waals surface area contributed by atoms with Crippen LogP contribution < -0.4 is 14.8 Å². The lowest BCUT2D eigenvalue weighted by atomic mass is 9.82. The van der Waals surface area contributed by atoms with E-state index >= 15 is 0 Å². The van der Waals surface area contributed by atoms with Crippen LogP contribution in [0.5, 0.6) is 11.5 Å². The largest absolute Gasteiger partial charge is 0.486 e. The number of para-hydroxylation sites is 2. The number of nitrogens with one attached hydrogen (secondary N) is 1. The van der Waals surface area contributed by atoms with Gasteiger partial charge in [0.25, 0.3) is 5.91 Å². The van der Waals surface area contributed by atoms with E-state index in [0.717, 1.165) is 24.2 Å². The molecule has 1 aromatic rings. The fourth-order valence-electron chi connectivity index (χ4n) is 4.36. The maximum absolute atomic E-state index is 12.9. The molecule has 2 heterocycles. The molecule has 156 valence electrons. The summed E-state index contributed by atoms with van der Waals surface area (Å²) >= 11 is 0. The maximum atomic E-state index is 12.9. The average Bonchev–Trinajstić information content (AvgIpc) is 2.96. The van der Waals surface area contributed by atoms with Gasteiger partial charge >= 0.3 is 6.03 Å². The molecule has 1 saturated heterocycles. The molecule has 29 heavy (non-hydrogen) atoms. The summed E-state index contributed by atoms with van der Waals surface area (Å²) in [5.41, 5.74) is -0.809. The van der Waals surface area contributed by atoms with Gasteiger partial charge in [-0.2, -0.15) is 0 Å². The van der Waals surface area contributed by atoms with Crippen molar-refractivity contribution in [3.05, 3.63) is 24.3 Å². The number of fused-ring (bicyclic) bond motifs is 1. The second-order valence-electron chi connectivity index (χ2n) is 7.89. The molecule has 1 spiro atoms. The van der Waals surface area contributed by atoms with Gasteiger partial charge in [-0.05, 0) is 31.9 Å². The molecule has 1 aliphatic carbocycles. The van der Waals surface area contributed by atoms with Gasteiger partial charge in [-0.25, -0.2) is 4.79 Å². The molecule has 2 fully saturated rings. The Labute approximate surface area is 170 Å². The first-order valence-electron chi connectivity index (χ1n) is 10.3. The summed E-state index contributed by atoms with van der Waals surface area (Å²) in [5.74, 6) is 0.805. The summed E-state index contributed by atoms with van der Waals surface area (Å²) in [6, 6.07) is 6.95. The van der Waals surface area contributed by atoms with Crippen LogP contribution in [0.1, 0.15) is 39.0 Å². The van der Waals surface area contributed by atoms with Crippen molar-refractivity contribution >= 4 is 17.8 Å². The van der Waals surface area contributed by atoms with Crippen molar-refractivity contribution in [1.29, 1.82) is 0 Å². The van der Waals surface area contributed by atoms with Gasteiger partial charge in [-0.3, -0.25) is 14.5 Å². The molecule has 2 aliphatic heterocycles. The van der Waals surface area contributed by atoms with Crippen molar-refractivity contribution in [2.75, 3.05) is 26.2 Å². The number of likely N-dealkylation sites (N-methyl/N-ethyl adjacent to an activating group) is 1. The molecule has 0 radical (unpaired) electrons. The van der Waals surface area contributed by atoms with Crippen LogP contribution in [-0.4, -0.2) is 65.5 Å². The van der Waals surface area contributed by atoms with Crippen LogP contribution >= 0.6 is 0 Å². The van der Waals surface area contributed by atoms with Gasteiger partial charge in [0.2, 0.25) is 5.91 Å². The molecule has 1 atom stereocenters. The van der Waals surface area contributed by atoms with Gasteiger partial charge in [0.1, 0.15) is 18.7 Å². The fraction of sp³-hybridized carbons (Fsp3) is 0.571. The van der Waals surface area contributed by atoms with Crippen molar-refractivity contribution in [1.82, 2.24) is 15.1 Å². The first kappa shape index (κ1) is 19.5. The van der Waals surface area contributed by atoms with Gasteiger partial charge in [0.05, 0.1) is 6.54 Å². The summed E-state index contributed by atoms with van der Waals surface area (Å²) < 4.78 is 11.7. The predicted molar refractivity (Wildman–Crippen MR) is 105 cm³/mol. The Bertz CT molecular complexity index is 805. The quantitative estimate of drug-likeness (QED) is 0.762. The molecule has 3 aliphatic rings. The first-order chi connectivity index (χ1) is 14.0. The van der Waals surface area contributed by atoms with Crippen LogP contribution in [0.2, 0.25) is 0 Å². The highest BCUT2D eigenvalue weighted by molar-refractivity contribution is 6.09. The number of benzene rings is 1. The molecular weight excluding hydrogens is 374 g/mol. The SMILES string of the molecule is CCN(C[C@H]1COc2ccccc2O1)C(=O)CN1C(=O)NC2(CCCCC2)C1=O. The maximum Gasteiger partial charge on any atom is 0.325 e. The fourth-order valence-corrected chi connectivity index (χ4v) is 4.36. The molecule has 0 unspecified atom stereocenters. The smallest absolute Gasteiger partial charge is 0.325 e. The van der Waals surface area contributed by atoms with Crippen molar-refractivity contribution in [2.24, 2.45) is 0 Å². The van der Waals surface area contributed by atoms with E-state index < -0.39 is 11.6 Å². The number of ether oxygens (including phenoxy) is 2. The molecule has 1 saturated carbocycles. The Morgan fingerprint density at radius 3 is 2.66 bits per heavy atom. The van der Waals surface area contributed by atoms with E-state index in [0.29, 0.717) is 44.0 Å². The summed E-state index contributed by atoms with van der Waals surface area (Å²) in [6.45, 7) is 2.75. The van der Waals surface area contributed by atoms with Gasteiger partial charge in [0, 0.05) is 6.54 Å². The molecule has 4 rings (SSSR count). The third-order valence-corrected chi connectivity index (χ3v) is 5.97. The second-order valence-corrected chi connectivity index (χ2v) is 7.89. The van der Waals surface area contributed by atoms with Crippen molar-refractivity contribution in [3.8, 4) is 11.5 Å². The molecule has 4 amide bonds. The van der Waals surface area contributed by atoms with Crippen LogP contribution in [0.25, 0.3) is 0 Å². The topological polar surface area (TPSA) is 88.2 Å². The van der Waals surface area contributed by atoms with Gasteiger partial charge in [-0.1, -0.05) is 31.4 Å². The summed E-state index contributed by atoms with van der Waals surface area (Å²) in [5, 5.41) is 2.85. The highest BCUT2D eigenvalue weighted by Crippen LogP contribution is 2.34. The van der Waals surface area contributed by atoms with E-state index in [1.165, 1.54) is 0 Å². The van der Waals surface area contributed by atoms with Gasteiger partial charge in [-0.15, -0.1) is 0 Å². The van der Waals surface area contributed by atoms with Crippen molar-refractivity contribution in [2.45, 2.75) is 50.7 Å². The molecule has 8 nitrogen and oxygen atoms in total. The number of hydrogen-bond acceptors (Lipinski definition) is 5. The number of imide groups is 1. The third kappa shape index (κ3) is 3.75. The number of amides is 4. The van der Waals surface area contributed by atoms with Gasteiger partial charge < -0.3 is 19.7 Å². The lowest BCUT2D eigenvalue weighted by Gasteiger charge is -2.32. The van der Waals surface area contributed by atoms with E-state index in [9.17, 15) is 14.4 Å². The summed E-state index contributed by atoms with van der Waals surface area (Å²) in [4.78, 5) is 40.9. The molecular formula is C21H27N3O5. The number of carbonyl (C=O) groups excluding carboxylic acids is 3. The van der Waals surface area contributed by atoms with Crippen LogP contribution in [0.4, 0.5) is 4.79 Å². The van der Waals surface area contributed by atoms with E-state index in [1.807, 2.05) is 31.2 Å². The Morgan fingerprint density at radius 1 is 1.21 bits per heavy atom. The van der Waals surface area contributed by atoms with Crippen LogP contribution in [0.15, 0.2) is 24.3 Å². The Morgan fingerprint density at radius 2 is 1.93 bits per heavy atom. The zero-order chi connectivity index (χ0) is 20.4. The Kier molecular flexibility index (Phi) is 5.34. The lowest BCUT2D eigenvalue weighted by molar-refractivity contribution is -0.140. The highest BCUT2D eigenvalue weighted by atomic mass is 16.6. The first-order valence-corrected chi connectivity index (χ1v) is 10.3. The summed E-state index contributed by atoms with van der Waals surface area (Å²) in [7, 11) is 0. The highest BCUT2D eigenvalue weighted by Gasteiger charge is 2.51. The summed E-state index contributed by atoms with van der Waals surface area (Å²) in [6.07, 6.45) is 3.88. The minimum Gasteiger partial charge on any atom is -0.486 e. The zero-order valence-electron chi connectivity index (χ0n) is 16.7. The van der Waals surface area contributed by atoms with Crippen LogP contribution in [0, 0.1) is 0 Å². The molecule has 0 aromatic heterocycles.